The van der Waals surface area contributed by atoms with Gasteiger partial charge in [-0.1, -0.05) is 96.6 Å². The summed E-state index contributed by atoms with van der Waals surface area (Å²) < 4.78 is 5.41. The minimum absolute atomic E-state index is 0.116. The van der Waals surface area contributed by atoms with E-state index in [1.54, 1.807) is 67.6 Å². The van der Waals surface area contributed by atoms with Gasteiger partial charge in [0, 0.05) is 33.2 Å². The summed E-state index contributed by atoms with van der Waals surface area (Å²) in [7, 11) is 0. The van der Waals surface area contributed by atoms with Gasteiger partial charge in [-0.3, -0.25) is 24.5 Å². The van der Waals surface area contributed by atoms with Crippen LogP contribution >= 0.6 is 23.1 Å². The largest absolute Gasteiger partial charge is 0.462 e. The molecule has 13 heteroatoms. The van der Waals surface area contributed by atoms with Crippen LogP contribution in [0.2, 0.25) is 0 Å². The van der Waals surface area contributed by atoms with E-state index in [1.807, 2.05) is 66.9 Å². The summed E-state index contributed by atoms with van der Waals surface area (Å²) in [5.74, 6) is -2.25. The average molecular weight is 797 g/mol. The molecule has 57 heavy (non-hydrogen) atoms. The number of para-hydroxylation sites is 1. The Morgan fingerprint density at radius 2 is 1.53 bits per heavy atom. The third kappa shape index (κ3) is 10.1. The molecule has 286 valence electrons. The fourth-order valence-electron chi connectivity index (χ4n) is 5.74. The van der Waals surface area contributed by atoms with E-state index in [0.29, 0.717) is 26.7 Å². The van der Waals surface area contributed by atoms with Crippen molar-refractivity contribution in [2.45, 2.75) is 24.0 Å². The van der Waals surface area contributed by atoms with E-state index in [4.69, 9.17) is 4.74 Å². The van der Waals surface area contributed by atoms with E-state index in [1.165, 1.54) is 47.4 Å². The van der Waals surface area contributed by atoms with E-state index in [2.05, 4.69) is 16.0 Å². The number of thioether (sulfide) groups is 1. The molecule has 3 amide bonds. The van der Waals surface area contributed by atoms with Gasteiger partial charge in [0.25, 0.3) is 17.5 Å². The van der Waals surface area contributed by atoms with Gasteiger partial charge in [-0.25, -0.2) is 4.79 Å². The number of rotatable bonds is 14. The number of nitro benzene ring substituents is 1. The maximum absolute atomic E-state index is 14.2. The molecule has 1 aromatic heterocycles. The van der Waals surface area contributed by atoms with Crippen molar-refractivity contribution in [3.05, 3.63) is 182 Å². The number of aryl methyl sites for hydroxylation is 1. The molecule has 6 aromatic rings. The van der Waals surface area contributed by atoms with Crippen LogP contribution in [-0.2, 0) is 14.3 Å². The first-order valence-electron chi connectivity index (χ1n) is 17.7. The highest BCUT2D eigenvalue weighted by Crippen LogP contribution is 2.40. The highest BCUT2D eigenvalue weighted by Gasteiger charge is 2.28. The fraction of sp³-hybridized carbons (Fsp3) is 0.0909. The first-order valence-corrected chi connectivity index (χ1v) is 19.5. The maximum atomic E-state index is 14.2. The van der Waals surface area contributed by atoms with Crippen LogP contribution in [-0.4, -0.2) is 35.2 Å². The Bertz CT molecular complexity index is 2450. The molecule has 0 aliphatic heterocycles. The zero-order valence-electron chi connectivity index (χ0n) is 30.8. The second kappa shape index (κ2) is 18.7. The number of anilines is 2. The van der Waals surface area contributed by atoms with E-state index in [9.17, 15) is 29.3 Å². The number of carbonyl (C=O) groups is 4. The normalized spacial score (nSPS) is 11.6. The fourth-order valence-corrected chi connectivity index (χ4v) is 7.78. The number of amides is 3. The third-order valence-electron chi connectivity index (χ3n) is 8.52. The molecule has 0 aliphatic rings. The van der Waals surface area contributed by atoms with Crippen molar-refractivity contribution in [2.24, 2.45) is 0 Å². The van der Waals surface area contributed by atoms with Crippen LogP contribution in [0.3, 0.4) is 0 Å². The molecule has 1 unspecified atom stereocenters. The smallest absolute Gasteiger partial charge is 0.341 e. The van der Waals surface area contributed by atoms with Crippen LogP contribution in [0.1, 0.15) is 49.6 Å². The van der Waals surface area contributed by atoms with E-state index in [-0.39, 0.29) is 40.6 Å². The quantitative estimate of drug-likeness (QED) is 0.0323. The van der Waals surface area contributed by atoms with Crippen LogP contribution in [0.5, 0.6) is 0 Å². The number of nitrogens with zero attached hydrogens (tertiary/aromatic N) is 1. The molecule has 0 radical (unpaired) electrons. The highest BCUT2D eigenvalue weighted by atomic mass is 32.2. The Morgan fingerprint density at radius 3 is 2.23 bits per heavy atom. The molecule has 0 aliphatic carbocycles. The van der Waals surface area contributed by atoms with Gasteiger partial charge in [-0.15, -0.1) is 23.1 Å². The molecule has 0 saturated heterocycles. The zero-order chi connectivity index (χ0) is 40.3. The second-order valence-corrected chi connectivity index (χ2v) is 14.6. The van der Waals surface area contributed by atoms with E-state index in [0.717, 1.165) is 11.1 Å². The number of esters is 1. The molecule has 0 saturated carbocycles. The summed E-state index contributed by atoms with van der Waals surface area (Å²) in [6.07, 6.45) is 1.25. The molecule has 3 N–H and O–H groups in total. The lowest BCUT2D eigenvalue weighted by atomic mass is 10.0. The number of hydrogen-bond donors (Lipinski definition) is 3. The van der Waals surface area contributed by atoms with Crippen LogP contribution in [0.15, 0.2) is 149 Å². The zero-order valence-corrected chi connectivity index (χ0v) is 32.4. The summed E-state index contributed by atoms with van der Waals surface area (Å²) in [5.41, 5.74) is 3.76. The number of carbonyl (C=O) groups excluding carboxylic acids is 4. The molecular formula is C44H36N4O7S2. The minimum atomic E-state index is -0.795. The van der Waals surface area contributed by atoms with Crippen molar-refractivity contribution in [3.63, 3.8) is 0 Å². The lowest BCUT2D eigenvalue weighted by Gasteiger charge is -2.18. The van der Waals surface area contributed by atoms with Crippen LogP contribution in [0.25, 0.3) is 17.2 Å². The first kappa shape index (κ1) is 39.9. The summed E-state index contributed by atoms with van der Waals surface area (Å²) in [5, 5.41) is 21.5. The standard InChI is InChI=1S/C44H36N4O7S2/c1-3-55-44(52)38-35(29-23-21-28(2)22-24-29)27-56-43(38)47-42(51)39(30-13-6-4-7-14-30)57-34-19-12-18-33(26-34)45-41(50)36(46-40(49)31-15-8-5-9-16-31)25-32-17-10-11-20-37(32)48(53)54/h4-27,39H,3H2,1-2H3,(H,45,50)(H,46,49)(H,47,51)/b36-25+. The summed E-state index contributed by atoms with van der Waals surface area (Å²) in [6, 6.07) is 37.8. The number of ether oxygens (including phenoxy) is 1. The lowest BCUT2D eigenvalue weighted by molar-refractivity contribution is -0.385. The van der Waals surface area contributed by atoms with Gasteiger partial charge >= 0.3 is 5.97 Å². The van der Waals surface area contributed by atoms with Crippen molar-refractivity contribution < 1.29 is 28.8 Å². The topological polar surface area (TPSA) is 157 Å². The van der Waals surface area contributed by atoms with E-state index >= 15 is 0 Å². The van der Waals surface area contributed by atoms with Crippen molar-refractivity contribution in [1.29, 1.82) is 0 Å². The number of thiophene rings is 1. The van der Waals surface area contributed by atoms with Gasteiger partial charge in [-0.05, 0) is 67.4 Å². The van der Waals surface area contributed by atoms with E-state index < -0.39 is 28.0 Å². The Morgan fingerprint density at radius 1 is 0.842 bits per heavy atom. The molecular weight excluding hydrogens is 761 g/mol. The van der Waals surface area contributed by atoms with Gasteiger partial charge in [0.15, 0.2) is 0 Å². The Kier molecular flexibility index (Phi) is 13.1. The van der Waals surface area contributed by atoms with Gasteiger partial charge in [0.2, 0.25) is 5.91 Å². The molecule has 1 atom stereocenters. The van der Waals surface area contributed by atoms with Crippen LogP contribution < -0.4 is 16.0 Å². The van der Waals surface area contributed by atoms with Gasteiger partial charge in [0.1, 0.15) is 21.5 Å². The Labute approximate surface area is 337 Å². The summed E-state index contributed by atoms with van der Waals surface area (Å²) in [4.78, 5) is 66.3. The second-order valence-electron chi connectivity index (χ2n) is 12.5. The predicted octanol–water partition coefficient (Wildman–Crippen LogP) is 9.69. The molecule has 6 rings (SSSR count). The average Bonchev–Trinajstić information content (AvgIpc) is 3.64. The molecule has 5 aromatic carbocycles. The molecule has 11 nitrogen and oxygen atoms in total. The van der Waals surface area contributed by atoms with Crippen molar-refractivity contribution in [3.8, 4) is 11.1 Å². The molecule has 1 heterocycles. The molecule has 0 spiro atoms. The highest BCUT2D eigenvalue weighted by molar-refractivity contribution is 8.00. The number of nitrogens with one attached hydrogen (secondary N) is 3. The van der Waals surface area contributed by atoms with Crippen molar-refractivity contribution in [1.82, 2.24) is 5.32 Å². The minimum Gasteiger partial charge on any atom is -0.462 e. The Hall–Kier alpha value is -6.83. The van der Waals surface area contributed by atoms with Gasteiger partial charge in [-0.2, -0.15) is 0 Å². The van der Waals surface area contributed by atoms with Crippen LogP contribution in [0, 0.1) is 17.0 Å². The van der Waals surface area contributed by atoms with Crippen molar-refractivity contribution >= 4 is 69.2 Å². The van der Waals surface area contributed by atoms with Crippen molar-refractivity contribution in [2.75, 3.05) is 17.2 Å². The predicted molar refractivity (Wildman–Crippen MR) is 224 cm³/mol. The summed E-state index contributed by atoms with van der Waals surface area (Å²) >= 11 is 2.46. The number of benzene rings is 5. The monoisotopic (exact) mass is 796 g/mol. The summed E-state index contributed by atoms with van der Waals surface area (Å²) in [6.45, 7) is 3.86. The Balaban J connectivity index is 1.28. The molecule has 0 bridgehead atoms. The number of nitro groups is 1. The van der Waals surface area contributed by atoms with Crippen LogP contribution in [0.4, 0.5) is 16.4 Å². The SMILES string of the molecule is CCOC(=O)c1c(-c2ccc(C)cc2)csc1NC(=O)C(Sc1cccc(NC(=O)/C(=C\c2ccccc2[N+](=O)[O-])NC(=O)c2ccccc2)c1)c1ccccc1. The maximum Gasteiger partial charge on any atom is 0.341 e. The third-order valence-corrected chi connectivity index (χ3v) is 10.7. The molecule has 0 fully saturated rings. The number of hydrogen-bond acceptors (Lipinski definition) is 9. The van der Waals surface area contributed by atoms with Gasteiger partial charge in [0.05, 0.1) is 17.1 Å². The van der Waals surface area contributed by atoms with Gasteiger partial charge < -0.3 is 20.7 Å². The lowest BCUT2D eigenvalue weighted by Crippen LogP contribution is -2.30. The first-order chi connectivity index (χ1) is 27.6.